The van der Waals surface area contributed by atoms with Crippen molar-refractivity contribution in [3.05, 3.63) is 54.1 Å². The first-order valence-corrected chi connectivity index (χ1v) is 9.08. The lowest BCUT2D eigenvalue weighted by atomic mass is 10.1. The minimum atomic E-state index is -0.0762. The zero-order valence-corrected chi connectivity index (χ0v) is 15.1. The van der Waals surface area contributed by atoms with Gasteiger partial charge in [0.25, 0.3) is 5.91 Å². The van der Waals surface area contributed by atoms with Crippen LogP contribution in [0.2, 0.25) is 0 Å². The Balaban J connectivity index is 1.73. The summed E-state index contributed by atoms with van der Waals surface area (Å²) in [5, 5.41) is -0.0762. The van der Waals surface area contributed by atoms with Crippen LogP contribution in [0.15, 0.2) is 48.5 Å². The lowest BCUT2D eigenvalue weighted by molar-refractivity contribution is -0.133. The van der Waals surface area contributed by atoms with Crippen LogP contribution in [-0.4, -0.2) is 43.9 Å². The van der Waals surface area contributed by atoms with Crippen molar-refractivity contribution in [3.63, 3.8) is 0 Å². The second-order valence-corrected chi connectivity index (χ2v) is 6.71. The predicted octanol–water partition coefficient (Wildman–Crippen LogP) is 3.36. The number of carbonyl (C=O) groups excluding carboxylic acids is 1. The highest BCUT2D eigenvalue weighted by Crippen LogP contribution is 2.43. The van der Waals surface area contributed by atoms with Gasteiger partial charge >= 0.3 is 0 Å². The third-order valence-corrected chi connectivity index (χ3v) is 5.27. The van der Waals surface area contributed by atoms with E-state index in [0.717, 1.165) is 22.8 Å². The number of benzene rings is 2. The lowest BCUT2D eigenvalue weighted by Gasteiger charge is -2.25. The fourth-order valence-corrected chi connectivity index (χ4v) is 4.05. The Labute approximate surface area is 151 Å². The van der Waals surface area contributed by atoms with Crippen LogP contribution < -0.4 is 14.2 Å². The monoisotopic (exact) mass is 359 g/mol. The van der Waals surface area contributed by atoms with E-state index in [1.54, 1.807) is 26.0 Å². The van der Waals surface area contributed by atoms with Gasteiger partial charge in [-0.05, 0) is 24.3 Å². The highest BCUT2D eigenvalue weighted by Gasteiger charge is 2.32. The largest absolute Gasteiger partial charge is 0.497 e. The highest BCUT2D eigenvalue weighted by atomic mass is 32.2. The summed E-state index contributed by atoms with van der Waals surface area (Å²) in [5.74, 6) is 3.00. The van der Waals surface area contributed by atoms with Gasteiger partial charge in [0.1, 0.15) is 22.6 Å². The van der Waals surface area contributed by atoms with Gasteiger partial charge in [-0.2, -0.15) is 0 Å². The smallest absolute Gasteiger partial charge is 0.261 e. The fraction of sp³-hybridized carbons (Fsp3) is 0.316. The quantitative estimate of drug-likeness (QED) is 0.792. The molecule has 0 bridgehead atoms. The molecule has 0 radical (unpaired) electrons. The van der Waals surface area contributed by atoms with Gasteiger partial charge in [-0.3, -0.25) is 4.79 Å². The average molecular weight is 359 g/mol. The van der Waals surface area contributed by atoms with Gasteiger partial charge in [-0.1, -0.05) is 18.2 Å². The number of carbonyl (C=O) groups is 1. The fourth-order valence-electron chi connectivity index (χ4n) is 2.75. The van der Waals surface area contributed by atoms with Crippen LogP contribution in [0.4, 0.5) is 0 Å². The maximum Gasteiger partial charge on any atom is 0.261 e. The number of thioether (sulfide) groups is 1. The number of hydrogen-bond acceptors (Lipinski definition) is 5. The standard InChI is InChI=1S/C19H21NO4S/c1-22-15-8-9-16(17(12-15)23-2)19-20(10-11-25-19)18(21)13-24-14-6-4-3-5-7-14/h3-9,12,19H,10-11,13H2,1-2H3/t19-/m0/s1. The molecule has 132 valence electrons. The molecular formula is C19H21NO4S. The molecule has 2 aromatic rings. The Kier molecular flexibility index (Phi) is 5.71. The average Bonchev–Trinajstić information content (AvgIpc) is 3.16. The number of methoxy groups -OCH3 is 2. The zero-order chi connectivity index (χ0) is 17.6. The summed E-state index contributed by atoms with van der Waals surface area (Å²) in [6.45, 7) is 0.723. The number of nitrogens with zero attached hydrogens (tertiary/aromatic N) is 1. The summed E-state index contributed by atoms with van der Waals surface area (Å²) in [4.78, 5) is 14.5. The van der Waals surface area contributed by atoms with Gasteiger partial charge in [-0.15, -0.1) is 11.8 Å². The van der Waals surface area contributed by atoms with Crippen molar-refractivity contribution in [2.75, 3.05) is 33.1 Å². The molecule has 2 aromatic carbocycles. The van der Waals surface area contributed by atoms with Gasteiger partial charge < -0.3 is 19.1 Å². The molecule has 6 heteroatoms. The second kappa shape index (κ2) is 8.16. The molecule has 1 fully saturated rings. The number of ether oxygens (including phenoxy) is 3. The van der Waals surface area contributed by atoms with Gasteiger partial charge in [-0.25, -0.2) is 0 Å². The van der Waals surface area contributed by atoms with E-state index >= 15 is 0 Å². The molecule has 1 heterocycles. The molecule has 0 aliphatic carbocycles. The van der Waals surface area contributed by atoms with Crippen LogP contribution in [0.25, 0.3) is 0 Å². The van der Waals surface area contributed by atoms with E-state index in [9.17, 15) is 4.79 Å². The molecule has 1 aliphatic heterocycles. The molecule has 5 nitrogen and oxygen atoms in total. The molecule has 3 rings (SSSR count). The molecule has 0 N–H and O–H groups in total. The Morgan fingerprint density at radius 2 is 1.92 bits per heavy atom. The molecule has 0 unspecified atom stereocenters. The summed E-state index contributed by atoms with van der Waals surface area (Å²) in [7, 11) is 3.25. The normalized spacial score (nSPS) is 16.6. The second-order valence-electron chi connectivity index (χ2n) is 5.52. The van der Waals surface area contributed by atoms with E-state index in [1.165, 1.54) is 0 Å². The topological polar surface area (TPSA) is 48.0 Å². The molecular weight excluding hydrogens is 338 g/mol. The molecule has 1 amide bonds. The molecule has 1 aliphatic rings. The van der Waals surface area contributed by atoms with Crippen LogP contribution in [0.5, 0.6) is 17.2 Å². The van der Waals surface area contributed by atoms with Crippen molar-refractivity contribution in [1.82, 2.24) is 4.90 Å². The summed E-state index contributed by atoms with van der Waals surface area (Å²) in [6.07, 6.45) is 0. The van der Waals surface area contributed by atoms with Gasteiger partial charge in [0.15, 0.2) is 6.61 Å². The third kappa shape index (κ3) is 4.02. The zero-order valence-electron chi connectivity index (χ0n) is 14.3. The Hall–Kier alpha value is -2.34. The molecule has 0 aromatic heterocycles. The van der Waals surface area contributed by atoms with Crippen LogP contribution in [0.1, 0.15) is 10.9 Å². The Morgan fingerprint density at radius 3 is 2.64 bits per heavy atom. The van der Waals surface area contributed by atoms with E-state index in [4.69, 9.17) is 14.2 Å². The van der Waals surface area contributed by atoms with Gasteiger partial charge in [0.2, 0.25) is 0 Å². The Bertz CT molecular complexity index is 723. The minimum Gasteiger partial charge on any atom is -0.497 e. The number of hydrogen-bond donors (Lipinski definition) is 0. The van der Waals surface area contributed by atoms with Crippen molar-refractivity contribution in [1.29, 1.82) is 0 Å². The van der Waals surface area contributed by atoms with E-state index in [2.05, 4.69) is 0 Å². The molecule has 1 saturated heterocycles. The van der Waals surface area contributed by atoms with Crippen molar-refractivity contribution in [2.45, 2.75) is 5.37 Å². The summed E-state index contributed by atoms with van der Waals surface area (Å²) in [6, 6.07) is 15.1. The predicted molar refractivity (Wildman–Crippen MR) is 98.4 cm³/mol. The molecule has 0 spiro atoms. The SMILES string of the molecule is COc1ccc([C@@H]2SCCN2C(=O)COc2ccccc2)c(OC)c1. The van der Waals surface area contributed by atoms with Crippen molar-refractivity contribution in [3.8, 4) is 17.2 Å². The maximum absolute atomic E-state index is 12.6. The Morgan fingerprint density at radius 1 is 1.12 bits per heavy atom. The molecule has 25 heavy (non-hydrogen) atoms. The first kappa shape index (κ1) is 17.5. The van der Waals surface area contributed by atoms with E-state index in [1.807, 2.05) is 53.4 Å². The summed E-state index contributed by atoms with van der Waals surface area (Å²) >= 11 is 1.73. The van der Waals surface area contributed by atoms with Crippen molar-refractivity contribution in [2.24, 2.45) is 0 Å². The number of rotatable bonds is 6. The third-order valence-electron chi connectivity index (χ3n) is 4.02. The minimum absolute atomic E-state index is 0.0273. The first-order chi connectivity index (χ1) is 12.2. The summed E-state index contributed by atoms with van der Waals surface area (Å²) in [5.41, 5.74) is 0.971. The number of amides is 1. The van der Waals surface area contributed by atoms with Crippen LogP contribution in [0.3, 0.4) is 0 Å². The number of para-hydroxylation sites is 1. The van der Waals surface area contributed by atoms with E-state index in [0.29, 0.717) is 12.3 Å². The molecule has 1 atom stereocenters. The van der Waals surface area contributed by atoms with Crippen LogP contribution in [-0.2, 0) is 4.79 Å². The summed E-state index contributed by atoms with van der Waals surface area (Å²) < 4.78 is 16.3. The van der Waals surface area contributed by atoms with Gasteiger partial charge in [0.05, 0.1) is 14.2 Å². The molecule has 0 saturated carbocycles. The van der Waals surface area contributed by atoms with Crippen LogP contribution >= 0.6 is 11.8 Å². The van der Waals surface area contributed by atoms with Crippen molar-refractivity contribution >= 4 is 17.7 Å². The van der Waals surface area contributed by atoms with Crippen LogP contribution in [0, 0.1) is 0 Å². The lowest BCUT2D eigenvalue weighted by Crippen LogP contribution is -2.34. The first-order valence-electron chi connectivity index (χ1n) is 8.04. The van der Waals surface area contributed by atoms with Crippen molar-refractivity contribution < 1.29 is 19.0 Å². The highest BCUT2D eigenvalue weighted by molar-refractivity contribution is 7.99. The van der Waals surface area contributed by atoms with Gasteiger partial charge in [0, 0.05) is 23.9 Å². The van der Waals surface area contributed by atoms with E-state index < -0.39 is 0 Å². The maximum atomic E-state index is 12.6. The van der Waals surface area contributed by atoms with E-state index in [-0.39, 0.29) is 17.9 Å².